The first-order valence-electron chi connectivity index (χ1n) is 6.17. The Morgan fingerprint density at radius 3 is 2.56 bits per heavy atom. The first kappa shape index (κ1) is 13.6. The molecule has 0 saturated heterocycles. The lowest BCUT2D eigenvalue weighted by Crippen LogP contribution is -2.16. The van der Waals surface area contributed by atoms with Crippen LogP contribution in [0.5, 0.6) is 11.5 Å². The van der Waals surface area contributed by atoms with Crippen LogP contribution >= 0.6 is 11.8 Å². The van der Waals surface area contributed by atoms with Gasteiger partial charge in [0.15, 0.2) is 11.5 Å². The third kappa shape index (κ3) is 3.56. The Bertz CT molecular complexity index is 412. The van der Waals surface area contributed by atoms with Crippen molar-refractivity contribution in [3.63, 3.8) is 0 Å². The molecule has 1 aliphatic rings. The summed E-state index contributed by atoms with van der Waals surface area (Å²) >= 11 is 1.75. The molecule has 0 fully saturated rings. The lowest BCUT2D eigenvalue weighted by atomic mass is 10.1. The Labute approximate surface area is 112 Å². The maximum absolute atomic E-state index is 10.2. The lowest BCUT2D eigenvalue weighted by Gasteiger charge is -2.22. The molecule has 3 nitrogen and oxygen atoms in total. The van der Waals surface area contributed by atoms with Gasteiger partial charge < -0.3 is 14.6 Å². The minimum atomic E-state index is -0.468. The molecule has 1 aliphatic heterocycles. The maximum Gasteiger partial charge on any atom is 0.161 e. The van der Waals surface area contributed by atoms with Gasteiger partial charge in [0, 0.05) is 10.5 Å². The highest BCUT2D eigenvalue weighted by atomic mass is 32.2. The molecule has 0 aliphatic carbocycles. The average molecular weight is 268 g/mol. The van der Waals surface area contributed by atoms with Gasteiger partial charge in [0.2, 0.25) is 0 Å². The van der Waals surface area contributed by atoms with E-state index in [-0.39, 0.29) is 4.75 Å². The van der Waals surface area contributed by atoms with Crippen LogP contribution < -0.4 is 9.47 Å². The summed E-state index contributed by atoms with van der Waals surface area (Å²) in [5.41, 5.74) is 0.885. The van der Waals surface area contributed by atoms with E-state index >= 15 is 0 Å². The molecular formula is C14H20O3S. The number of hydrogen-bond acceptors (Lipinski definition) is 4. The minimum Gasteiger partial charge on any atom is -0.486 e. The monoisotopic (exact) mass is 268 g/mol. The summed E-state index contributed by atoms with van der Waals surface area (Å²) in [5, 5.41) is 10.2. The van der Waals surface area contributed by atoms with Crippen molar-refractivity contribution >= 4 is 11.8 Å². The quantitative estimate of drug-likeness (QED) is 0.914. The molecule has 4 heteroatoms. The molecule has 0 amide bonds. The highest BCUT2D eigenvalue weighted by Crippen LogP contribution is 2.34. The van der Waals surface area contributed by atoms with Crippen LogP contribution in [-0.2, 0) is 0 Å². The van der Waals surface area contributed by atoms with Gasteiger partial charge in [-0.2, -0.15) is 11.8 Å². The van der Waals surface area contributed by atoms with E-state index in [1.54, 1.807) is 11.8 Å². The number of thioether (sulfide) groups is 1. The standard InChI is InChI=1S/C14H20O3S/c1-14(2,3)18-9-11(15)10-4-5-12-13(8-10)17-7-6-16-12/h4-5,8,11,15H,6-7,9H2,1-3H3. The molecule has 100 valence electrons. The second kappa shape index (κ2) is 5.41. The van der Waals surface area contributed by atoms with E-state index in [0.29, 0.717) is 19.0 Å². The molecule has 0 spiro atoms. The van der Waals surface area contributed by atoms with Gasteiger partial charge >= 0.3 is 0 Å². The van der Waals surface area contributed by atoms with E-state index < -0.39 is 6.10 Å². The van der Waals surface area contributed by atoms with Gasteiger partial charge in [-0.3, -0.25) is 0 Å². The predicted octanol–water partition coefficient (Wildman–Crippen LogP) is 3.02. The van der Waals surface area contributed by atoms with Crippen LogP contribution in [0.1, 0.15) is 32.4 Å². The summed E-state index contributed by atoms with van der Waals surface area (Å²) in [6, 6.07) is 5.65. The molecule has 0 bridgehead atoms. The highest BCUT2D eigenvalue weighted by Gasteiger charge is 2.18. The van der Waals surface area contributed by atoms with Gasteiger partial charge in [-0.25, -0.2) is 0 Å². The molecule has 1 atom stereocenters. The maximum atomic E-state index is 10.2. The fourth-order valence-corrected chi connectivity index (χ4v) is 2.54. The average Bonchev–Trinajstić information content (AvgIpc) is 2.34. The molecule has 1 aromatic rings. The molecule has 0 saturated carbocycles. The van der Waals surface area contributed by atoms with Crippen molar-refractivity contribution in [3.05, 3.63) is 23.8 Å². The van der Waals surface area contributed by atoms with Crippen molar-refractivity contribution in [1.82, 2.24) is 0 Å². The van der Waals surface area contributed by atoms with E-state index in [1.165, 1.54) is 0 Å². The molecule has 1 heterocycles. The normalized spacial score (nSPS) is 16.4. The summed E-state index contributed by atoms with van der Waals surface area (Å²) in [5.74, 6) is 2.18. The second-order valence-electron chi connectivity index (χ2n) is 5.34. The SMILES string of the molecule is CC(C)(C)SCC(O)c1ccc2c(c1)OCCO2. The first-order chi connectivity index (χ1) is 8.46. The Hall–Kier alpha value is -0.870. The third-order valence-electron chi connectivity index (χ3n) is 2.63. The summed E-state index contributed by atoms with van der Waals surface area (Å²) in [6.45, 7) is 7.61. The van der Waals surface area contributed by atoms with E-state index in [9.17, 15) is 5.11 Å². The molecular weight excluding hydrogens is 248 g/mol. The number of rotatable bonds is 3. The fraction of sp³-hybridized carbons (Fsp3) is 0.571. The molecule has 1 aromatic carbocycles. The minimum absolute atomic E-state index is 0.162. The molecule has 18 heavy (non-hydrogen) atoms. The largest absolute Gasteiger partial charge is 0.486 e. The summed E-state index contributed by atoms with van der Waals surface area (Å²) in [4.78, 5) is 0. The molecule has 1 N–H and O–H groups in total. The van der Waals surface area contributed by atoms with Crippen LogP contribution in [0.2, 0.25) is 0 Å². The smallest absolute Gasteiger partial charge is 0.161 e. The van der Waals surface area contributed by atoms with Gasteiger partial charge in [0.05, 0.1) is 6.10 Å². The van der Waals surface area contributed by atoms with Crippen molar-refractivity contribution in [1.29, 1.82) is 0 Å². The lowest BCUT2D eigenvalue weighted by molar-refractivity contribution is 0.168. The Kier molecular flexibility index (Phi) is 4.07. The third-order valence-corrected chi connectivity index (χ3v) is 3.97. The van der Waals surface area contributed by atoms with Gasteiger partial charge in [-0.05, 0) is 17.7 Å². The van der Waals surface area contributed by atoms with Crippen molar-refractivity contribution in [2.45, 2.75) is 31.6 Å². The van der Waals surface area contributed by atoms with Crippen molar-refractivity contribution in [2.75, 3.05) is 19.0 Å². The van der Waals surface area contributed by atoms with E-state index in [4.69, 9.17) is 9.47 Å². The van der Waals surface area contributed by atoms with Crippen molar-refractivity contribution < 1.29 is 14.6 Å². The Morgan fingerprint density at radius 1 is 1.22 bits per heavy atom. The summed E-state index contributed by atoms with van der Waals surface area (Å²) < 4.78 is 11.1. The zero-order valence-corrected chi connectivity index (χ0v) is 11.9. The van der Waals surface area contributed by atoms with Crippen LogP contribution in [0.25, 0.3) is 0 Å². The van der Waals surface area contributed by atoms with Crippen LogP contribution in [-0.4, -0.2) is 28.8 Å². The number of fused-ring (bicyclic) bond motifs is 1. The number of ether oxygens (including phenoxy) is 2. The number of hydrogen-bond donors (Lipinski definition) is 1. The predicted molar refractivity (Wildman–Crippen MR) is 74.6 cm³/mol. The Morgan fingerprint density at radius 2 is 1.89 bits per heavy atom. The zero-order valence-electron chi connectivity index (χ0n) is 11.1. The van der Waals surface area contributed by atoms with Crippen molar-refractivity contribution in [3.8, 4) is 11.5 Å². The molecule has 0 aromatic heterocycles. The Balaban J connectivity index is 2.04. The van der Waals surface area contributed by atoms with Gasteiger partial charge in [-0.1, -0.05) is 26.8 Å². The van der Waals surface area contributed by atoms with Gasteiger partial charge in [0.25, 0.3) is 0 Å². The van der Waals surface area contributed by atoms with E-state index in [1.807, 2.05) is 18.2 Å². The van der Waals surface area contributed by atoms with Crippen LogP contribution in [0.15, 0.2) is 18.2 Å². The van der Waals surface area contributed by atoms with E-state index in [2.05, 4.69) is 20.8 Å². The summed E-state index contributed by atoms with van der Waals surface area (Å²) in [6.07, 6.45) is -0.468. The van der Waals surface area contributed by atoms with Gasteiger partial charge in [0.1, 0.15) is 13.2 Å². The second-order valence-corrected chi connectivity index (χ2v) is 7.19. The van der Waals surface area contributed by atoms with Crippen LogP contribution in [0.3, 0.4) is 0 Å². The van der Waals surface area contributed by atoms with Crippen LogP contribution in [0.4, 0.5) is 0 Å². The fourth-order valence-electron chi connectivity index (χ4n) is 1.69. The topological polar surface area (TPSA) is 38.7 Å². The number of aliphatic hydroxyl groups excluding tert-OH is 1. The summed E-state index contributed by atoms with van der Waals surface area (Å²) in [7, 11) is 0. The molecule has 1 unspecified atom stereocenters. The van der Waals surface area contributed by atoms with Crippen LogP contribution in [0, 0.1) is 0 Å². The zero-order chi connectivity index (χ0) is 13.2. The van der Waals surface area contributed by atoms with Crippen molar-refractivity contribution in [2.24, 2.45) is 0 Å². The highest BCUT2D eigenvalue weighted by molar-refractivity contribution is 8.00. The number of aliphatic hydroxyl groups is 1. The molecule has 0 radical (unpaired) electrons. The molecule has 2 rings (SSSR count). The first-order valence-corrected chi connectivity index (χ1v) is 7.16. The van der Waals surface area contributed by atoms with E-state index in [0.717, 1.165) is 17.1 Å². The van der Waals surface area contributed by atoms with Gasteiger partial charge in [-0.15, -0.1) is 0 Å². The number of benzene rings is 1.